The Kier molecular flexibility index (Phi) is 4.16. The largest absolute Gasteiger partial charge is 0.389 e. The molecule has 2 N–H and O–H groups in total. The van der Waals surface area contributed by atoms with Crippen molar-refractivity contribution in [2.45, 2.75) is 44.8 Å². The zero-order valence-corrected chi connectivity index (χ0v) is 12.2. The molecule has 1 aromatic rings. The summed E-state index contributed by atoms with van der Waals surface area (Å²) in [5.74, 6) is 0.374. The number of hydrogen-bond donors (Lipinski definition) is 1. The summed E-state index contributed by atoms with van der Waals surface area (Å²) >= 11 is 0. The summed E-state index contributed by atoms with van der Waals surface area (Å²) in [5.41, 5.74) is 7.40. The number of halogens is 3. The number of aliphatic imine (C=N–C) groups is 1. The van der Waals surface area contributed by atoms with E-state index in [2.05, 4.69) is 4.99 Å². The second-order valence-electron chi connectivity index (χ2n) is 5.76. The van der Waals surface area contributed by atoms with Gasteiger partial charge >= 0.3 is 6.18 Å². The smallest absolute Gasteiger partial charge is 0.369 e. The Morgan fingerprint density at radius 3 is 2.62 bits per heavy atom. The van der Waals surface area contributed by atoms with Crippen LogP contribution >= 0.6 is 0 Å². The minimum atomic E-state index is -4.12. The third kappa shape index (κ3) is 3.49. The van der Waals surface area contributed by atoms with E-state index >= 15 is 0 Å². The summed E-state index contributed by atoms with van der Waals surface area (Å²) < 4.78 is 37.0. The molecule has 1 aliphatic rings. The van der Waals surface area contributed by atoms with E-state index in [1.165, 1.54) is 0 Å². The van der Waals surface area contributed by atoms with Gasteiger partial charge in [-0.3, -0.25) is 4.99 Å². The lowest BCUT2D eigenvalue weighted by Crippen LogP contribution is -2.50. The monoisotopic (exact) mass is 299 g/mol. The van der Waals surface area contributed by atoms with Crippen molar-refractivity contribution in [3.05, 3.63) is 29.8 Å². The normalized spacial score (nSPS) is 22.5. The first-order valence-corrected chi connectivity index (χ1v) is 6.95. The first-order chi connectivity index (χ1) is 9.73. The second-order valence-corrected chi connectivity index (χ2v) is 5.76. The van der Waals surface area contributed by atoms with Gasteiger partial charge in [0, 0.05) is 12.1 Å². The Hall–Kier alpha value is -1.72. The number of benzene rings is 1. The number of nitrogens with zero attached hydrogens (tertiary/aromatic N) is 2. The van der Waals surface area contributed by atoms with Crippen molar-refractivity contribution in [1.82, 2.24) is 0 Å². The summed E-state index contributed by atoms with van der Waals surface area (Å²) in [6, 6.07) is 7.69. The maximum Gasteiger partial charge on any atom is 0.389 e. The summed E-state index contributed by atoms with van der Waals surface area (Å²) in [5, 5.41) is 0. The molecular weight excluding hydrogens is 279 g/mol. The number of anilines is 1. The summed E-state index contributed by atoms with van der Waals surface area (Å²) in [7, 11) is 0. The maximum absolute atomic E-state index is 12.3. The number of hydrogen-bond acceptors (Lipinski definition) is 3. The van der Waals surface area contributed by atoms with E-state index in [4.69, 9.17) is 5.73 Å². The average Bonchev–Trinajstić information content (AvgIpc) is 2.65. The van der Waals surface area contributed by atoms with Gasteiger partial charge < -0.3 is 10.6 Å². The highest BCUT2D eigenvalue weighted by Gasteiger charge is 2.40. The zero-order valence-electron chi connectivity index (χ0n) is 12.2. The van der Waals surface area contributed by atoms with Crippen LogP contribution in [0, 0.1) is 6.92 Å². The van der Waals surface area contributed by atoms with Crippen molar-refractivity contribution < 1.29 is 13.2 Å². The molecule has 0 bridgehead atoms. The summed E-state index contributed by atoms with van der Waals surface area (Å²) in [6.45, 7) is 4.29. The summed E-state index contributed by atoms with van der Waals surface area (Å²) in [4.78, 5) is 6.12. The molecule has 1 atom stereocenters. The average molecular weight is 299 g/mol. The Morgan fingerprint density at radius 1 is 1.33 bits per heavy atom. The molecule has 0 fully saturated rings. The Labute approximate surface area is 122 Å². The predicted molar refractivity (Wildman–Crippen MR) is 78.5 cm³/mol. The lowest BCUT2D eigenvalue weighted by molar-refractivity contribution is -0.136. The van der Waals surface area contributed by atoms with Gasteiger partial charge in [-0.2, -0.15) is 13.2 Å². The molecule has 0 radical (unpaired) electrons. The van der Waals surface area contributed by atoms with Crippen LogP contribution in [0.5, 0.6) is 0 Å². The second kappa shape index (κ2) is 5.58. The van der Waals surface area contributed by atoms with E-state index in [9.17, 15) is 13.2 Å². The molecule has 2 rings (SSSR count). The maximum atomic E-state index is 12.3. The molecule has 1 aliphatic heterocycles. The van der Waals surface area contributed by atoms with E-state index in [0.29, 0.717) is 18.9 Å². The molecule has 0 saturated carbocycles. The molecule has 0 aliphatic carbocycles. The Bertz CT molecular complexity index is 539. The van der Waals surface area contributed by atoms with E-state index in [0.717, 1.165) is 11.3 Å². The number of guanidine groups is 1. The van der Waals surface area contributed by atoms with Gasteiger partial charge in [0.2, 0.25) is 0 Å². The molecule has 1 unspecified atom stereocenters. The van der Waals surface area contributed by atoms with E-state index in [1.807, 2.05) is 43.0 Å². The van der Waals surface area contributed by atoms with Crippen LogP contribution in [0.4, 0.5) is 18.9 Å². The molecule has 3 nitrogen and oxygen atoms in total. The number of aryl methyl sites for hydroxylation is 1. The number of para-hydroxylation sites is 1. The third-order valence-corrected chi connectivity index (χ3v) is 3.88. The van der Waals surface area contributed by atoms with Gasteiger partial charge in [0.25, 0.3) is 0 Å². The van der Waals surface area contributed by atoms with Gasteiger partial charge in [-0.15, -0.1) is 0 Å². The Morgan fingerprint density at radius 2 is 2.00 bits per heavy atom. The van der Waals surface area contributed by atoms with Crippen LogP contribution in [0.3, 0.4) is 0 Å². The topological polar surface area (TPSA) is 41.6 Å². The highest BCUT2D eigenvalue weighted by molar-refractivity contribution is 5.98. The third-order valence-electron chi connectivity index (χ3n) is 3.88. The van der Waals surface area contributed by atoms with Crippen molar-refractivity contribution in [2.24, 2.45) is 10.7 Å². The van der Waals surface area contributed by atoms with Gasteiger partial charge in [0.1, 0.15) is 0 Å². The molecule has 6 heteroatoms. The van der Waals surface area contributed by atoms with Crippen molar-refractivity contribution >= 4 is 11.6 Å². The fourth-order valence-corrected chi connectivity index (χ4v) is 2.76. The van der Waals surface area contributed by atoms with Crippen LogP contribution in [-0.2, 0) is 0 Å². The minimum Gasteiger partial charge on any atom is -0.369 e. The SMILES string of the molecule is Cc1ccccc1N1C(N)=NCC1(C)CCCC(F)(F)F. The number of rotatable bonds is 4. The minimum absolute atomic E-state index is 0.0746. The van der Waals surface area contributed by atoms with Crippen LogP contribution in [0.25, 0.3) is 0 Å². The van der Waals surface area contributed by atoms with Crippen LogP contribution in [0.2, 0.25) is 0 Å². The molecule has 0 amide bonds. The molecule has 0 spiro atoms. The number of nitrogens with two attached hydrogens (primary N) is 1. The highest BCUT2D eigenvalue weighted by Crippen LogP contribution is 2.35. The standard InChI is InChI=1S/C15H20F3N3/c1-11-6-3-4-7-12(11)21-13(19)20-10-14(21,2)8-5-9-15(16,17)18/h3-4,6-7H,5,8-10H2,1-2H3,(H2,19,20). The first kappa shape index (κ1) is 15.7. The quantitative estimate of drug-likeness (QED) is 0.922. The van der Waals surface area contributed by atoms with Crippen molar-refractivity contribution in [1.29, 1.82) is 0 Å². The van der Waals surface area contributed by atoms with Gasteiger partial charge in [-0.25, -0.2) is 0 Å². The molecule has 1 heterocycles. The molecule has 1 aromatic carbocycles. The first-order valence-electron chi connectivity index (χ1n) is 6.95. The predicted octanol–water partition coefficient (Wildman–Crippen LogP) is 3.62. The highest BCUT2D eigenvalue weighted by atomic mass is 19.4. The fourth-order valence-electron chi connectivity index (χ4n) is 2.76. The molecule has 21 heavy (non-hydrogen) atoms. The molecule has 116 valence electrons. The fraction of sp³-hybridized carbons (Fsp3) is 0.533. The van der Waals surface area contributed by atoms with E-state index in [-0.39, 0.29) is 6.42 Å². The van der Waals surface area contributed by atoms with Gasteiger partial charge in [-0.1, -0.05) is 18.2 Å². The van der Waals surface area contributed by atoms with Crippen LogP contribution < -0.4 is 10.6 Å². The lowest BCUT2D eigenvalue weighted by Gasteiger charge is -2.37. The Balaban J connectivity index is 2.17. The van der Waals surface area contributed by atoms with Crippen LogP contribution in [-0.4, -0.2) is 24.2 Å². The van der Waals surface area contributed by atoms with E-state index in [1.54, 1.807) is 0 Å². The van der Waals surface area contributed by atoms with Crippen LogP contribution in [0.1, 0.15) is 31.7 Å². The van der Waals surface area contributed by atoms with Gasteiger partial charge in [0.05, 0.1) is 12.1 Å². The van der Waals surface area contributed by atoms with Crippen molar-refractivity contribution in [3.63, 3.8) is 0 Å². The lowest BCUT2D eigenvalue weighted by atomic mass is 9.92. The molecule has 0 saturated heterocycles. The van der Waals surface area contributed by atoms with Crippen molar-refractivity contribution in [2.75, 3.05) is 11.4 Å². The van der Waals surface area contributed by atoms with Gasteiger partial charge in [-0.05, 0) is 38.3 Å². The van der Waals surface area contributed by atoms with E-state index < -0.39 is 18.1 Å². The summed E-state index contributed by atoms with van der Waals surface area (Å²) in [6.07, 6.45) is -4.42. The van der Waals surface area contributed by atoms with Crippen molar-refractivity contribution in [3.8, 4) is 0 Å². The molecular formula is C15H20F3N3. The molecule has 0 aromatic heterocycles. The van der Waals surface area contributed by atoms with Gasteiger partial charge in [0.15, 0.2) is 5.96 Å². The number of alkyl halides is 3. The zero-order chi connectivity index (χ0) is 15.7. The van der Waals surface area contributed by atoms with Crippen LogP contribution in [0.15, 0.2) is 29.3 Å².